The Balaban J connectivity index is 2.46. The third kappa shape index (κ3) is 8.68. The van der Waals surface area contributed by atoms with Crippen molar-refractivity contribution >= 4 is 17.9 Å². The third-order valence-electron chi connectivity index (χ3n) is 5.70. The minimum absolute atomic E-state index is 0.0639. The van der Waals surface area contributed by atoms with Crippen LogP contribution in [0.25, 0.3) is 0 Å². The Kier molecular flexibility index (Phi) is 10.3. The van der Waals surface area contributed by atoms with Gasteiger partial charge in [-0.2, -0.15) is 0 Å². The summed E-state index contributed by atoms with van der Waals surface area (Å²) < 4.78 is 5.38. The number of nitrogens with zero attached hydrogens (tertiary/aromatic N) is 1. The molecule has 7 heteroatoms. The van der Waals surface area contributed by atoms with E-state index in [9.17, 15) is 14.4 Å². The van der Waals surface area contributed by atoms with Gasteiger partial charge in [-0.05, 0) is 69.2 Å². The van der Waals surface area contributed by atoms with E-state index in [1.807, 2.05) is 76.2 Å². The number of aryl methyl sites for hydroxylation is 2. The predicted molar refractivity (Wildman–Crippen MR) is 145 cm³/mol. The monoisotopic (exact) mass is 505 g/mol. The molecule has 2 aromatic carbocycles. The van der Waals surface area contributed by atoms with Crippen molar-refractivity contribution in [3.8, 4) is 12.5 Å². The van der Waals surface area contributed by atoms with Gasteiger partial charge in [0.15, 0.2) is 0 Å². The topological polar surface area (TPSA) is 87.7 Å². The van der Waals surface area contributed by atoms with E-state index in [0.717, 1.165) is 21.6 Å². The van der Waals surface area contributed by atoms with E-state index < -0.39 is 35.6 Å². The maximum Gasteiger partial charge on any atom is 0.408 e. The van der Waals surface area contributed by atoms with Crippen molar-refractivity contribution in [2.24, 2.45) is 5.92 Å². The van der Waals surface area contributed by atoms with Crippen LogP contribution >= 0.6 is 0 Å². The average molecular weight is 506 g/mol. The fourth-order valence-electron chi connectivity index (χ4n) is 4.09. The number of nitrogens with one attached hydrogen (secondary N) is 2. The van der Waals surface area contributed by atoms with Gasteiger partial charge in [-0.15, -0.1) is 0 Å². The fourth-order valence-corrected chi connectivity index (χ4v) is 4.09. The Labute approximate surface area is 221 Å². The zero-order chi connectivity index (χ0) is 27.8. The zero-order valence-corrected chi connectivity index (χ0v) is 22.9. The molecule has 0 saturated heterocycles. The molecular formula is C30H39N3O4. The van der Waals surface area contributed by atoms with Gasteiger partial charge in [-0.3, -0.25) is 14.5 Å². The lowest BCUT2D eigenvalue weighted by Crippen LogP contribution is -2.52. The van der Waals surface area contributed by atoms with Crippen molar-refractivity contribution in [3.05, 3.63) is 70.8 Å². The summed E-state index contributed by atoms with van der Waals surface area (Å²) in [5.74, 6) is -0.897. The maximum atomic E-state index is 13.9. The third-order valence-corrected chi connectivity index (χ3v) is 5.70. The van der Waals surface area contributed by atoms with Gasteiger partial charge in [0.25, 0.3) is 5.91 Å². The molecule has 0 saturated carbocycles. The van der Waals surface area contributed by atoms with E-state index in [1.165, 1.54) is 0 Å². The molecule has 0 aliphatic rings. The first-order valence-corrected chi connectivity index (χ1v) is 12.5. The molecule has 0 radical (unpaired) electrons. The van der Waals surface area contributed by atoms with Crippen LogP contribution in [-0.4, -0.2) is 34.5 Å². The van der Waals surface area contributed by atoms with Crippen LogP contribution in [-0.2, 0) is 20.9 Å². The molecule has 2 unspecified atom stereocenters. The molecule has 7 nitrogen and oxygen atoms in total. The number of amides is 3. The Bertz CT molecular complexity index is 1110. The normalized spacial score (nSPS) is 12.7. The summed E-state index contributed by atoms with van der Waals surface area (Å²) in [5.41, 5.74) is 2.49. The SMILES string of the molecule is C#CN(C(=O)C(CC(C)C)NC(=O)OC(C)(C)C)C(C(=O)NCc1ccccc1)c1c(C)cccc1C. The maximum absolute atomic E-state index is 13.9. The molecule has 198 valence electrons. The van der Waals surface area contributed by atoms with Gasteiger partial charge in [-0.1, -0.05) is 68.8 Å². The molecule has 0 fully saturated rings. The molecule has 0 aromatic heterocycles. The molecule has 0 heterocycles. The fraction of sp³-hybridized carbons (Fsp3) is 0.433. The van der Waals surface area contributed by atoms with Gasteiger partial charge >= 0.3 is 6.09 Å². The molecule has 0 aliphatic heterocycles. The number of benzene rings is 2. The van der Waals surface area contributed by atoms with Gasteiger partial charge in [0.05, 0.1) is 0 Å². The smallest absolute Gasteiger partial charge is 0.408 e. The van der Waals surface area contributed by atoms with E-state index in [0.29, 0.717) is 12.0 Å². The van der Waals surface area contributed by atoms with Crippen LogP contribution in [0.5, 0.6) is 0 Å². The van der Waals surface area contributed by atoms with E-state index in [1.54, 1.807) is 20.8 Å². The molecule has 2 rings (SSSR count). The average Bonchev–Trinajstić information content (AvgIpc) is 2.80. The van der Waals surface area contributed by atoms with Crippen molar-refractivity contribution in [3.63, 3.8) is 0 Å². The molecule has 3 amide bonds. The van der Waals surface area contributed by atoms with Gasteiger partial charge in [0.2, 0.25) is 5.91 Å². The summed E-state index contributed by atoms with van der Waals surface area (Å²) in [7, 11) is 0. The van der Waals surface area contributed by atoms with Crippen molar-refractivity contribution < 1.29 is 19.1 Å². The van der Waals surface area contributed by atoms with E-state index >= 15 is 0 Å². The first kappa shape index (κ1) is 29.4. The number of terminal acetylenes is 1. The predicted octanol–water partition coefficient (Wildman–Crippen LogP) is 5.02. The highest BCUT2D eigenvalue weighted by Gasteiger charge is 2.37. The van der Waals surface area contributed by atoms with Crippen LogP contribution in [0.1, 0.15) is 69.3 Å². The van der Waals surface area contributed by atoms with Crippen molar-refractivity contribution in [2.75, 3.05) is 0 Å². The Morgan fingerprint density at radius 1 is 1.00 bits per heavy atom. The van der Waals surface area contributed by atoms with Gasteiger partial charge in [0.1, 0.15) is 17.7 Å². The number of carbonyl (C=O) groups is 3. The molecule has 0 aliphatic carbocycles. The van der Waals surface area contributed by atoms with Gasteiger partial charge in [-0.25, -0.2) is 4.79 Å². The standard InChI is InChI=1S/C30H39N3O4/c1-9-33(28(35)24(18-20(2)3)32-29(36)37-30(6,7)8)26(25-21(4)14-13-15-22(25)5)27(34)31-19-23-16-11-10-12-17-23/h1,10-17,20,24,26H,18-19H2,2-8H3,(H,31,34)(H,32,36). The first-order chi connectivity index (χ1) is 17.3. The van der Waals surface area contributed by atoms with Crippen LogP contribution in [0.15, 0.2) is 48.5 Å². The van der Waals surface area contributed by atoms with Crippen LogP contribution in [0, 0.1) is 32.2 Å². The van der Waals surface area contributed by atoms with Crippen molar-refractivity contribution in [1.82, 2.24) is 15.5 Å². The Morgan fingerprint density at radius 2 is 1.59 bits per heavy atom. The lowest BCUT2D eigenvalue weighted by atomic mass is 9.93. The zero-order valence-electron chi connectivity index (χ0n) is 22.9. The number of carbonyl (C=O) groups excluding carboxylic acids is 3. The Hall–Kier alpha value is -3.79. The summed E-state index contributed by atoms with van der Waals surface area (Å²) in [6.45, 7) is 13.1. The van der Waals surface area contributed by atoms with E-state index in [-0.39, 0.29) is 12.5 Å². The van der Waals surface area contributed by atoms with Crippen LogP contribution in [0.2, 0.25) is 0 Å². The second-order valence-electron chi connectivity index (χ2n) is 10.6. The highest BCUT2D eigenvalue weighted by molar-refractivity contribution is 5.93. The van der Waals surface area contributed by atoms with Crippen LogP contribution in [0.3, 0.4) is 0 Å². The summed E-state index contributed by atoms with van der Waals surface area (Å²) in [5, 5.41) is 5.60. The molecule has 0 spiro atoms. The van der Waals surface area contributed by atoms with E-state index in [4.69, 9.17) is 11.2 Å². The first-order valence-electron chi connectivity index (χ1n) is 12.5. The molecular weight excluding hydrogens is 466 g/mol. The summed E-state index contributed by atoms with van der Waals surface area (Å²) >= 11 is 0. The molecule has 0 bridgehead atoms. The number of hydrogen-bond donors (Lipinski definition) is 2. The number of alkyl carbamates (subject to hydrolysis) is 1. The number of rotatable bonds is 9. The van der Waals surface area contributed by atoms with Gasteiger partial charge in [0, 0.05) is 12.6 Å². The minimum atomic E-state index is -1.09. The Morgan fingerprint density at radius 3 is 2.11 bits per heavy atom. The lowest BCUT2D eigenvalue weighted by molar-refractivity contribution is -0.139. The van der Waals surface area contributed by atoms with Crippen LogP contribution < -0.4 is 10.6 Å². The highest BCUT2D eigenvalue weighted by atomic mass is 16.6. The van der Waals surface area contributed by atoms with E-state index in [2.05, 4.69) is 16.7 Å². The summed E-state index contributed by atoms with van der Waals surface area (Å²) in [4.78, 5) is 41.2. The lowest BCUT2D eigenvalue weighted by Gasteiger charge is -2.32. The highest BCUT2D eigenvalue weighted by Crippen LogP contribution is 2.29. The van der Waals surface area contributed by atoms with Gasteiger partial charge < -0.3 is 15.4 Å². The molecule has 2 aromatic rings. The summed E-state index contributed by atoms with van der Waals surface area (Å²) in [6, 6.07) is 15.5. The molecule has 37 heavy (non-hydrogen) atoms. The second-order valence-corrected chi connectivity index (χ2v) is 10.6. The van der Waals surface area contributed by atoms with Crippen molar-refractivity contribution in [1.29, 1.82) is 0 Å². The van der Waals surface area contributed by atoms with Crippen LogP contribution in [0.4, 0.5) is 4.79 Å². The number of ether oxygens (including phenoxy) is 1. The summed E-state index contributed by atoms with van der Waals surface area (Å²) in [6.07, 6.45) is 5.49. The minimum Gasteiger partial charge on any atom is -0.444 e. The molecule has 2 N–H and O–H groups in total. The van der Waals surface area contributed by atoms with Crippen molar-refractivity contribution in [2.45, 2.75) is 79.1 Å². The molecule has 2 atom stereocenters. The second kappa shape index (κ2) is 13.0. The quantitative estimate of drug-likeness (QED) is 0.370. The largest absolute Gasteiger partial charge is 0.444 e. The number of hydrogen-bond acceptors (Lipinski definition) is 4.